The number of nitrogens with zero attached hydrogens (tertiary/aromatic N) is 5. The van der Waals surface area contributed by atoms with E-state index < -0.39 is 29.8 Å². The number of aromatic nitrogens is 3. The van der Waals surface area contributed by atoms with Gasteiger partial charge in [0.05, 0.1) is 18.8 Å². The monoisotopic (exact) mass is 373 g/mol. The van der Waals surface area contributed by atoms with Crippen LogP contribution < -0.4 is 0 Å². The first-order valence-corrected chi connectivity index (χ1v) is 8.34. The number of carbonyl (C=O) groups is 2. The highest BCUT2D eigenvalue weighted by Gasteiger charge is 2.41. The van der Waals surface area contributed by atoms with Crippen LogP contribution in [0.3, 0.4) is 0 Å². The van der Waals surface area contributed by atoms with E-state index in [1.165, 1.54) is 17.0 Å². The molecule has 1 aromatic heterocycles. The molecular formula is C17H16FN5O4. The van der Waals surface area contributed by atoms with Crippen LogP contribution in [0, 0.1) is 12.7 Å². The molecule has 0 aliphatic carbocycles. The first kappa shape index (κ1) is 17.1. The molecule has 9 nitrogen and oxygen atoms in total. The molecule has 1 amide bonds. The zero-order valence-electron chi connectivity index (χ0n) is 14.4. The van der Waals surface area contributed by atoms with E-state index in [1.54, 1.807) is 23.6 Å². The number of benzene rings is 1. The molecule has 0 radical (unpaired) electrons. The van der Waals surface area contributed by atoms with E-state index in [0.717, 1.165) is 0 Å². The minimum Gasteiger partial charge on any atom is -0.480 e. The van der Waals surface area contributed by atoms with Crippen LogP contribution in [0.15, 0.2) is 29.4 Å². The van der Waals surface area contributed by atoms with E-state index in [9.17, 15) is 19.1 Å². The van der Waals surface area contributed by atoms with Gasteiger partial charge in [0.2, 0.25) is 6.10 Å². The summed E-state index contributed by atoms with van der Waals surface area (Å²) >= 11 is 0. The second kappa shape index (κ2) is 6.45. The number of rotatable bonds is 3. The molecule has 10 heteroatoms. The van der Waals surface area contributed by atoms with Gasteiger partial charge in [0.25, 0.3) is 5.91 Å². The summed E-state index contributed by atoms with van der Waals surface area (Å²) in [6.45, 7) is 1.82. The van der Waals surface area contributed by atoms with Crippen molar-refractivity contribution in [3.63, 3.8) is 0 Å². The van der Waals surface area contributed by atoms with Crippen molar-refractivity contribution in [2.45, 2.75) is 38.6 Å². The number of halogens is 1. The second-order valence-electron chi connectivity index (χ2n) is 6.44. The number of carbonyl (C=O) groups excluding carboxylic acids is 1. The summed E-state index contributed by atoms with van der Waals surface area (Å²) in [4.78, 5) is 31.1. The molecule has 2 unspecified atom stereocenters. The van der Waals surface area contributed by atoms with Gasteiger partial charge in [0, 0.05) is 12.0 Å². The van der Waals surface area contributed by atoms with Crippen LogP contribution in [0.2, 0.25) is 0 Å². The van der Waals surface area contributed by atoms with Crippen molar-refractivity contribution in [2.75, 3.05) is 0 Å². The van der Waals surface area contributed by atoms with Crippen molar-refractivity contribution in [1.82, 2.24) is 19.7 Å². The van der Waals surface area contributed by atoms with Crippen LogP contribution in [-0.2, 0) is 27.5 Å². The van der Waals surface area contributed by atoms with Crippen molar-refractivity contribution in [3.05, 3.63) is 47.3 Å². The number of hydrogen-bond donors (Lipinski definition) is 1. The van der Waals surface area contributed by atoms with Gasteiger partial charge in [0.15, 0.2) is 5.82 Å². The standard InChI is InChI=1S/C17H16FN5O4/c1-9-19-20-15-8-23(13(17(25)26)7-22(9)15)16(24)14-6-12(21-27-14)10-3-2-4-11(18)5-10/h2-5,13-14H,6-8H2,1H3,(H,25,26). The van der Waals surface area contributed by atoms with E-state index in [4.69, 9.17) is 4.84 Å². The second-order valence-corrected chi connectivity index (χ2v) is 6.44. The number of aryl methyl sites for hydroxylation is 1. The lowest BCUT2D eigenvalue weighted by Gasteiger charge is -2.34. The maximum absolute atomic E-state index is 13.4. The van der Waals surface area contributed by atoms with E-state index in [1.807, 2.05) is 0 Å². The zero-order chi connectivity index (χ0) is 19.1. The van der Waals surface area contributed by atoms with Crippen molar-refractivity contribution in [3.8, 4) is 0 Å². The maximum atomic E-state index is 13.4. The minimum atomic E-state index is -1.12. The Hall–Kier alpha value is -3.30. The lowest BCUT2D eigenvalue weighted by atomic mass is 10.0. The van der Waals surface area contributed by atoms with Crippen LogP contribution in [0.4, 0.5) is 4.39 Å². The largest absolute Gasteiger partial charge is 0.480 e. The molecule has 4 rings (SSSR count). The van der Waals surface area contributed by atoms with Gasteiger partial charge in [-0.25, -0.2) is 9.18 Å². The van der Waals surface area contributed by atoms with Crippen LogP contribution in [-0.4, -0.2) is 54.5 Å². The maximum Gasteiger partial charge on any atom is 0.328 e. The topological polar surface area (TPSA) is 110 Å². The number of oxime groups is 1. The fraction of sp³-hybridized carbons (Fsp3) is 0.353. The number of aliphatic carboxylic acids is 1. The third-order valence-corrected chi connectivity index (χ3v) is 4.73. The first-order chi connectivity index (χ1) is 12.9. The molecule has 3 heterocycles. The highest BCUT2D eigenvalue weighted by Crippen LogP contribution is 2.24. The molecule has 0 spiro atoms. The average molecular weight is 373 g/mol. The lowest BCUT2D eigenvalue weighted by Crippen LogP contribution is -2.53. The molecule has 0 bridgehead atoms. The average Bonchev–Trinajstić information content (AvgIpc) is 3.27. The first-order valence-electron chi connectivity index (χ1n) is 8.34. The SMILES string of the molecule is Cc1nnc2n1CC(C(=O)O)N(C(=O)C1CC(c3cccc(F)c3)=NO1)C2. The van der Waals surface area contributed by atoms with E-state index in [0.29, 0.717) is 22.9 Å². The number of fused-ring (bicyclic) bond motifs is 1. The predicted octanol–water partition coefficient (Wildman–Crippen LogP) is 0.714. The summed E-state index contributed by atoms with van der Waals surface area (Å²) in [7, 11) is 0. The Morgan fingerprint density at radius 1 is 1.33 bits per heavy atom. The Morgan fingerprint density at radius 2 is 2.15 bits per heavy atom. The van der Waals surface area contributed by atoms with E-state index in [-0.39, 0.29) is 19.5 Å². The molecule has 27 heavy (non-hydrogen) atoms. The van der Waals surface area contributed by atoms with Gasteiger partial charge < -0.3 is 19.4 Å². The number of amides is 1. The summed E-state index contributed by atoms with van der Waals surface area (Å²) in [6, 6.07) is 4.78. The molecule has 140 valence electrons. The number of hydrogen-bond acceptors (Lipinski definition) is 6. The Kier molecular flexibility index (Phi) is 4.09. The molecule has 2 aliphatic rings. The molecule has 0 saturated carbocycles. The predicted molar refractivity (Wildman–Crippen MR) is 89.2 cm³/mol. The van der Waals surface area contributed by atoms with Crippen molar-refractivity contribution in [1.29, 1.82) is 0 Å². The summed E-state index contributed by atoms with van der Waals surface area (Å²) in [6.07, 6.45) is -0.822. The molecule has 2 aliphatic heterocycles. The molecular weight excluding hydrogens is 357 g/mol. The Balaban J connectivity index is 1.53. The third kappa shape index (κ3) is 3.03. The van der Waals surface area contributed by atoms with Gasteiger partial charge in [0.1, 0.15) is 17.7 Å². The number of carboxylic acids is 1. The third-order valence-electron chi connectivity index (χ3n) is 4.73. The van der Waals surface area contributed by atoms with Gasteiger partial charge in [-0.15, -0.1) is 10.2 Å². The van der Waals surface area contributed by atoms with E-state index in [2.05, 4.69) is 15.4 Å². The highest BCUT2D eigenvalue weighted by molar-refractivity contribution is 6.04. The quantitative estimate of drug-likeness (QED) is 0.849. The number of carboxylic acid groups (broad SMARTS) is 1. The molecule has 0 fully saturated rings. The molecule has 0 saturated heterocycles. The van der Waals surface area contributed by atoms with Crippen molar-refractivity contribution >= 4 is 17.6 Å². The fourth-order valence-corrected chi connectivity index (χ4v) is 3.29. The van der Waals surface area contributed by atoms with Crippen LogP contribution >= 0.6 is 0 Å². The summed E-state index contributed by atoms with van der Waals surface area (Å²) in [5, 5.41) is 21.4. The summed E-state index contributed by atoms with van der Waals surface area (Å²) < 4.78 is 15.1. The van der Waals surface area contributed by atoms with Gasteiger partial charge >= 0.3 is 5.97 Å². The summed E-state index contributed by atoms with van der Waals surface area (Å²) in [5.41, 5.74) is 0.963. The van der Waals surface area contributed by atoms with Gasteiger partial charge in [-0.3, -0.25) is 4.79 Å². The van der Waals surface area contributed by atoms with E-state index >= 15 is 0 Å². The Morgan fingerprint density at radius 3 is 2.89 bits per heavy atom. The molecule has 1 N–H and O–H groups in total. The molecule has 2 atom stereocenters. The fourth-order valence-electron chi connectivity index (χ4n) is 3.29. The Bertz CT molecular complexity index is 957. The van der Waals surface area contributed by atoms with Crippen LogP contribution in [0.5, 0.6) is 0 Å². The lowest BCUT2D eigenvalue weighted by molar-refractivity contribution is -0.158. The van der Waals surface area contributed by atoms with Crippen molar-refractivity contribution in [2.24, 2.45) is 5.16 Å². The zero-order valence-corrected chi connectivity index (χ0v) is 14.4. The Labute approximate surface area is 153 Å². The van der Waals surface area contributed by atoms with Crippen molar-refractivity contribution < 1.29 is 23.9 Å². The van der Waals surface area contributed by atoms with Gasteiger partial charge in [-0.1, -0.05) is 17.3 Å². The minimum absolute atomic E-state index is 0.0196. The smallest absolute Gasteiger partial charge is 0.328 e. The van der Waals surface area contributed by atoms with Crippen LogP contribution in [0.25, 0.3) is 0 Å². The highest BCUT2D eigenvalue weighted by atomic mass is 19.1. The van der Waals surface area contributed by atoms with Gasteiger partial charge in [-0.2, -0.15) is 0 Å². The van der Waals surface area contributed by atoms with Gasteiger partial charge in [-0.05, 0) is 19.1 Å². The molecule has 2 aromatic rings. The normalized spacial score (nSPS) is 21.4. The van der Waals surface area contributed by atoms with Crippen LogP contribution in [0.1, 0.15) is 23.6 Å². The summed E-state index contributed by atoms with van der Waals surface area (Å²) in [5.74, 6) is -0.919. The molecule has 1 aromatic carbocycles.